The van der Waals surface area contributed by atoms with Gasteiger partial charge in [-0.2, -0.15) is 0 Å². The van der Waals surface area contributed by atoms with E-state index in [0.29, 0.717) is 25.6 Å². The van der Waals surface area contributed by atoms with Crippen LogP contribution in [0.2, 0.25) is 0 Å². The van der Waals surface area contributed by atoms with Gasteiger partial charge in [0.15, 0.2) is 0 Å². The molecule has 2 aliphatic rings. The Bertz CT molecular complexity index is 502. The van der Waals surface area contributed by atoms with E-state index in [-0.39, 0.29) is 12.0 Å². The van der Waals surface area contributed by atoms with Crippen LogP contribution in [0.1, 0.15) is 30.6 Å². The zero-order valence-electron chi connectivity index (χ0n) is 11.8. The molecule has 0 aromatic heterocycles. The molecule has 1 heterocycles. The van der Waals surface area contributed by atoms with Gasteiger partial charge in [-0.05, 0) is 42.7 Å². The number of aliphatic hydroxyl groups is 1. The third-order valence-corrected chi connectivity index (χ3v) is 4.58. The van der Waals surface area contributed by atoms with E-state index in [0.717, 1.165) is 18.4 Å². The number of carbonyl (C=O) groups is 1. The Morgan fingerprint density at radius 1 is 1.45 bits per heavy atom. The molecule has 1 aliphatic heterocycles. The lowest BCUT2D eigenvalue weighted by atomic mass is 9.70. The Labute approximate surface area is 119 Å². The van der Waals surface area contributed by atoms with Crippen molar-refractivity contribution >= 4 is 6.09 Å². The third-order valence-electron chi connectivity index (χ3n) is 4.58. The Morgan fingerprint density at radius 2 is 2.25 bits per heavy atom. The van der Waals surface area contributed by atoms with Crippen LogP contribution in [0.15, 0.2) is 24.3 Å². The fraction of sp³-hybridized carbons (Fsp3) is 0.562. The van der Waals surface area contributed by atoms with Crippen molar-refractivity contribution < 1.29 is 14.6 Å². The maximum atomic E-state index is 11.8. The molecule has 1 saturated heterocycles. The monoisotopic (exact) mass is 275 g/mol. The van der Waals surface area contributed by atoms with Gasteiger partial charge in [0.25, 0.3) is 0 Å². The van der Waals surface area contributed by atoms with Crippen LogP contribution in [0.5, 0.6) is 0 Å². The number of carbonyl (C=O) groups excluding carboxylic acids is 1. The van der Waals surface area contributed by atoms with Crippen LogP contribution in [0, 0.1) is 11.8 Å². The number of aliphatic hydroxyl groups excluding tert-OH is 1. The number of piperidine rings is 1. The first-order chi connectivity index (χ1) is 9.70. The molecule has 1 aromatic carbocycles. The van der Waals surface area contributed by atoms with E-state index in [9.17, 15) is 9.90 Å². The van der Waals surface area contributed by atoms with E-state index in [1.165, 1.54) is 5.56 Å². The number of benzene rings is 1. The lowest BCUT2D eigenvalue weighted by Crippen LogP contribution is -2.47. The SMILES string of the molecule is CCOC(=O)N1CCC2C(Cc3ccccc3C2O)C1. The van der Waals surface area contributed by atoms with Gasteiger partial charge in [0, 0.05) is 13.1 Å². The third kappa shape index (κ3) is 2.29. The molecule has 0 radical (unpaired) electrons. The summed E-state index contributed by atoms with van der Waals surface area (Å²) in [6, 6.07) is 8.10. The normalized spacial score (nSPS) is 28.5. The predicted molar refractivity (Wildman–Crippen MR) is 75.3 cm³/mol. The molecule has 3 unspecified atom stereocenters. The molecule has 1 aliphatic carbocycles. The highest BCUT2D eigenvalue weighted by atomic mass is 16.6. The molecular weight excluding hydrogens is 254 g/mol. The highest BCUT2D eigenvalue weighted by Crippen LogP contribution is 2.42. The Balaban J connectivity index is 1.77. The number of hydrogen-bond acceptors (Lipinski definition) is 3. The molecule has 3 rings (SSSR count). The van der Waals surface area contributed by atoms with Crippen LogP contribution >= 0.6 is 0 Å². The number of nitrogens with zero attached hydrogens (tertiary/aromatic N) is 1. The quantitative estimate of drug-likeness (QED) is 0.856. The minimum Gasteiger partial charge on any atom is -0.450 e. The summed E-state index contributed by atoms with van der Waals surface area (Å²) in [6.07, 6.45) is 1.17. The van der Waals surface area contributed by atoms with Gasteiger partial charge in [-0.25, -0.2) is 4.79 Å². The zero-order valence-corrected chi connectivity index (χ0v) is 11.8. The standard InChI is InChI=1S/C16H21NO3/c1-2-20-16(19)17-8-7-14-12(10-17)9-11-5-3-4-6-13(11)15(14)18/h3-6,12,14-15,18H,2,7-10H2,1H3. The highest BCUT2D eigenvalue weighted by Gasteiger charge is 2.40. The van der Waals surface area contributed by atoms with Gasteiger partial charge in [0.1, 0.15) is 0 Å². The maximum absolute atomic E-state index is 11.8. The first-order valence-electron chi connectivity index (χ1n) is 7.38. The first-order valence-corrected chi connectivity index (χ1v) is 7.38. The maximum Gasteiger partial charge on any atom is 0.409 e. The smallest absolute Gasteiger partial charge is 0.409 e. The van der Waals surface area contributed by atoms with Crippen LogP contribution in [0.25, 0.3) is 0 Å². The van der Waals surface area contributed by atoms with Crippen LogP contribution in [0.3, 0.4) is 0 Å². The summed E-state index contributed by atoms with van der Waals surface area (Å²) in [5.41, 5.74) is 2.28. The fourth-order valence-corrected chi connectivity index (χ4v) is 3.58. The Kier molecular flexibility index (Phi) is 3.66. The lowest BCUT2D eigenvalue weighted by molar-refractivity contribution is 0.00410. The van der Waals surface area contributed by atoms with Crippen LogP contribution in [-0.2, 0) is 11.2 Å². The summed E-state index contributed by atoms with van der Waals surface area (Å²) in [7, 11) is 0. The van der Waals surface area contributed by atoms with Crippen molar-refractivity contribution in [3.63, 3.8) is 0 Å². The van der Waals surface area contributed by atoms with Gasteiger partial charge in [-0.3, -0.25) is 0 Å². The van der Waals surface area contributed by atoms with E-state index in [4.69, 9.17) is 4.74 Å². The second-order valence-corrected chi connectivity index (χ2v) is 5.71. The number of likely N-dealkylation sites (tertiary alicyclic amines) is 1. The van der Waals surface area contributed by atoms with Crippen LogP contribution in [-0.4, -0.2) is 35.8 Å². The molecule has 0 saturated carbocycles. The summed E-state index contributed by atoms with van der Waals surface area (Å²) in [5.74, 6) is 0.591. The number of ether oxygens (including phenoxy) is 1. The Hall–Kier alpha value is -1.55. The van der Waals surface area contributed by atoms with Crippen molar-refractivity contribution in [2.24, 2.45) is 11.8 Å². The van der Waals surface area contributed by atoms with E-state index < -0.39 is 6.10 Å². The highest BCUT2D eigenvalue weighted by molar-refractivity contribution is 5.67. The van der Waals surface area contributed by atoms with E-state index in [1.54, 1.807) is 4.90 Å². The van der Waals surface area contributed by atoms with E-state index in [2.05, 4.69) is 6.07 Å². The van der Waals surface area contributed by atoms with Crippen LogP contribution < -0.4 is 0 Å². The molecular formula is C16H21NO3. The second kappa shape index (κ2) is 5.44. The zero-order chi connectivity index (χ0) is 14.1. The fourth-order valence-electron chi connectivity index (χ4n) is 3.58. The van der Waals surface area contributed by atoms with Crippen molar-refractivity contribution in [2.75, 3.05) is 19.7 Å². The summed E-state index contributed by atoms with van der Waals surface area (Å²) in [4.78, 5) is 13.6. The molecule has 20 heavy (non-hydrogen) atoms. The van der Waals surface area contributed by atoms with E-state index >= 15 is 0 Å². The summed E-state index contributed by atoms with van der Waals surface area (Å²) in [6.45, 7) is 3.61. The number of rotatable bonds is 1. The van der Waals surface area contributed by atoms with Gasteiger partial charge in [0.05, 0.1) is 12.7 Å². The summed E-state index contributed by atoms with van der Waals surface area (Å²) in [5, 5.41) is 10.6. The minimum absolute atomic E-state index is 0.223. The topological polar surface area (TPSA) is 49.8 Å². The molecule has 1 aromatic rings. The molecule has 4 nitrogen and oxygen atoms in total. The molecule has 1 amide bonds. The molecule has 0 bridgehead atoms. The van der Waals surface area contributed by atoms with E-state index in [1.807, 2.05) is 25.1 Å². The van der Waals surface area contributed by atoms with Crippen LogP contribution in [0.4, 0.5) is 4.79 Å². The lowest BCUT2D eigenvalue weighted by Gasteiger charge is -2.43. The van der Waals surface area contributed by atoms with Gasteiger partial charge < -0.3 is 14.7 Å². The van der Waals surface area contributed by atoms with Gasteiger partial charge in [-0.15, -0.1) is 0 Å². The molecule has 3 atom stereocenters. The Morgan fingerprint density at radius 3 is 3.05 bits per heavy atom. The van der Waals surface area contributed by atoms with Crippen molar-refractivity contribution in [1.82, 2.24) is 4.90 Å². The molecule has 1 fully saturated rings. The largest absolute Gasteiger partial charge is 0.450 e. The molecule has 4 heteroatoms. The molecule has 1 N–H and O–H groups in total. The van der Waals surface area contributed by atoms with Crippen molar-refractivity contribution in [3.05, 3.63) is 35.4 Å². The number of amides is 1. The predicted octanol–water partition coefficient (Wildman–Crippen LogP) is 2.37. The second-order valence-electron chi connectivity index (χ2n) is 5.71. The summed E-state index contributed by atoms with van der Waals surface area (Å²) < 4.78 is 5.08. The van der Waals surface area contributed by atoms with Gasteiger partial charge in [0.2, 0.25) is 0 Å². The number of hydrogen-bond donors (Lipinski definition) is 1. The average Bonchev–Trinajstić information content (AvgIpc) is 2.47. The van der Waals surface area contributed by atoms with Gasteiger partial charge >= 0.3 is 6.09 Å². The van der Waals surface area contributed by atoms with Crippen molar-refractivity contribution in [1.29, 1.82) is 0 Å². The average molecular weight is 275 g/mol. The number of fused-ring (bicyclic) bond motifs is 2. The molecule has 108 valence electrons. The van der Waals surface area contributed by atoms with Gasteiger partial charge in [-0.1, -0.05) is 24.3 Å². The summed E-state index contributed by atoms with van der Waals surface area (Å²) >= 11 is 0. The molecule has 0 spiro atoms. The van der Waals surface area contributed by atoms with Crippen molar-refractivity contribution in [3.8, 4) is 0 Å². The minimum atomic E-state index is -0.394. The van der Waals surface area contributed by atoms with Crippen molar-refractivity contribution in [2.45, 2.75) is 25.9 Å². The first kappa shape index (κ1) is 13.4.